The third-order valence-corrected chi connectivity index (χ3v) is 13.4. The van der Waals surface area contributed by atoms with Gasteiger partial charge in [-0.3, -0.25) is 0 Å². The molecule has 0 saturated carbocycles. The number of nitrogens with zero attached hydrogens (tertiary/aromatic N) is 2. The van der Waals surface area contributed by atoms with Gasteiger partial charge in [-0.15, -0.1) is 10.0 Å². The molecule has 0 fully saturated rings. The zero-order chi connectivity index (χ0) is 31.8. The highest BCUT2D eigenvalue weighted by Gasteiger charge is 2.42. The SMILES string of the molecule is N#Cc1ccc2oc3ccc(-n4c5ccccc5c5c6c(ccc54)S(c4ccccc4)(c4ccccc4)c4ccccc4O6)cc3c2c1. The molecule has 2 aromatic heterocycles. The molecule has 5 heteroatoms. The van der Waals surface area contributed by atoms with Gasteiger partial charge in [-0.2, -0.15) is 5.26 Å². The van der Waals surface area contributed by atoms with Crippen LogP contribution in [-0.4, -0.2) is 4.57 Å². The molecule has 0 spiro atoms. The summed E-state index contributed by atoms with van der Waals surface area (Å²) in [5, 5.41) is 13.7. The predicted octanol–water partition coefficient (Wildman–Crippen LogP) is 12.0. The fourth-order valence-electron chi connectivity index (χ4n) is 7.51. The number of furan rings is 1. The number of hydrogen-bond acceptors (Lipinski definition) is 3. The van der Waals surface area contributed by atoms with E-state index in [0.717, 1.165) is 60.9 Å². The second-order valence-electron chi connectivity index (χ2n) is 12.0. The molecule has 9 aromatic rings. The Hall–Kier alpha value is -6.22. The Morgan fingerprint density at radius 3 is 1.98 bits per heavy atom. The van der Waals surface area contributed by atoms with Crippen LogP contribution in [0.3, 0.4) is 0 Å². The predicted molar refractivity (Wildman–Crippen MR) is 193 cm³/mol. The summed E-state index contributed by atoms with van der Waals surface area (Å²) in [6, 6.07) is 57.7. The van der Waals surface area contributed by atoms with Crippen molar-refractivity contribution in [1.29, 1.82) is 5.26 Å². The van der Waals surface area contributed by atoms with Crippen molar-refractivity contribution in [3.8, 4) is 23.3 Å². The Kier molecular flexibility index (Phi) is 5.69. The molecule has 10 rings (SSSR count). The van der Waals surface area contributed by atoms with E-state index in [1.54, 1.807) is 6.07 Å². The molecule has 0 radical (unpaired) electrons. The molecule has 0 atom stereocenters. The third-order valence-electron chi connectivity index (χ3n) is 9.51. The molecule has 0 amide bonds. The summed E-state index contributed by atoms with van der Waals surface area (Å²) in [5.74, 6) is 1.79. The molecule has 3 heterocycles. The Morgan fingerprint density at radius 2 is 1.21 bits per heavy atom. The van der Waals surface area contributed by atoms with Crippen LogP contribution in [0.1, 0.15) is 5.56 Å². The number of para-hydroxylation sites is 2. The number of aromatic nitrogens is 1. The van der Waals surface area contributed by atoms with E-state index < -0.39 is 10.0 Å². The molecule has 226 valence electrons. The Balaban J connectivity index is 1.32. The van der Waals surface area contributed by atoms with Gasteiger partial charge in [0, 0.05) is 41.4 Å². The quantitative estimate of drug-likeness (QED) is 0.194. The van der Waals surface area contributed by atoms with Gasteiger partial charge in [-0.25, -0.2) is 0 Å². The van der Waals surface area contributed by atoms with Gasteiger partial charge in [0.05, 0.1) is 28.1 Å². The highest BCUT2D eigenvalue weighted by Crippen LogP contribution is 2.79. The van der Waals surface area contributed by atoms with E-state index in [-0.39, 0.29) is 0 Å². The van der Waals surface area contributed by atoms with E-state index in [0.29, 0.717) is 5.56 Å². The number of nitriles is 1. The summed E-state index contributed by atoms with van der Waals surface area (Å²) in [6.07, 6.45) is 0. The van der Waals surface area contributed by atoms with Crippen LogP contribution in [0.5, 0.6) is 11.5 Å². The molecule has 1 aliphatic rings. The smallest absolute Gasteiger partial charge is 0.150 e. The Bertz CT molecular complexity index is 2730. The molecule has 0 unspecified atom stereocenters. The first kappa shape index (κ1) is 26.9. The van der Waals surface area contributed by atoms with Crippen LogP contribution in [-0.2, 0) is 0 Å². The number of hydrogen-bond donors (Lipinski definition) is 0. The molecule has 48 heavy (non-hydrogen) atoms. The van der Waals surface area contributed by atoms with Crippen LogP contribution >= 0.6 is 10.0 Å². The molecule has 0 N–H and O–H groups in total. The maximum atomic E-state index is 9.59. The highest BCUT2D eigenvalue weighted by atomic mass is 32.3. The van der Waals surface area contributed by atoms with Gasteiger partial charge in [0.1, 0.15) is 16.9 Å². The van der Waals surface area contributed by atoms with E-state index in [4.69, 9.17) is 9.15 Å². The molecule has 0 bridgehead atoms. The average Bonchev–Trinajstić information content (AvgIpc) is 3.69. The topological polar surface area (TPSA) is 51.1 Å². The molecule has 7 aromatic carbocycles. The molecule has 4 nitrogen and oxygen atoms in total. The minimum atomic E-state index is -1.91. The zero-order valence-corrected chi connectivity index (χ0v) is 26.4. The number of fused-ring (bicyclic) bond motifs is 9. The lowest BCUT2D eigenvalue weighted by molar-refractivity contribution is 0.458. The summed E-state index contributed by atoms with van der Waals surface area (Å²) < 4.78 is 15.5. The van der Waals surface area contributed by atoms with Gasteiger partial charge in [0.25, 0.3) is 0 Å². The van der Waals surface area contributed by atoms with Gasteiger partial charge >= 0.3 is 0 Å². The average molecular weight is 635 g/mol. The van der Waals surface area contributed by atoms with Crippen molar-refractivity contribution in [3.63, 3.8) is 0 Å². The van der Waals surface area contributed by atoms with Crippen molar-refractivity contribution >= 4 is 53.8 Å². The van der Waals surface area contributed by atoms with Crippen LogP contribution < -0.4 is 4.74 Å². The lowest BCUT2D eigenvalue weighted by Crippen LogP contribution is -2.12. The first-order chi connectivity index (χ1) is 23.8. The highest BCUT2D eigenvalue weighted by molar-refractivity contribution is 8.34. The van der Waals surface area contributed by atoms with Crippen molar-refractivity contribution in [2.75, 3.05) is 0 Å². The van der Waals surface area contributed by atoms with Crippen molar-refractivity contribution in [2.24, 2.45) is 0 Å². The standard InChI is InChI=1S/C43H26N2O2S/c44-27-28-19-22-37-33(25-28)34-26-29(20-23-38(34)46-37)45-35-16-8-7-15-32(35)42-36(45)21-24-41-43(42)47-39-17-9-10-18-40(39)48(41,30-11-3-1-4-12-30)31-13-5-2-6-14-31/h1-26H. The minimum absolute atomic E-state index is 0.611. The third kappa shape index (κ3) is 3.61. The summed E-state index contributed by atoms with van der Waals surface area (Å²) in [7, 11) is -1.91. The van der Waals surface area contributed by atoms with Crippen molar-refractivity contribution in [2.45, 2.75) is 19.6 Å². The van der Waals surface area contributed by atoms with Gasteiger partial charge < -0.3 is 13.7 Å². The number of ether oxygens (including phenoxy) is 1. The second kappa shape index (κ2) is 10.1. The van der Waals surface area contributed by atoms with Crippen molar-refractivity contribution in [3.05, 3.63) is 163 Å². The second-order valence-corrected chi connectivity index (χ2v) is 15.1. The summed E-state index contributed by atoms with van der Waals surface area (Å²) >= 11 is 0. The van der Waals surface area contributed by atoms with Crippen LogP contribution in [0.25, 0.3) is 49.4 Å². The molecule has 1 aliphatic heterocycles. The van der Waals surface area contributed by atoms with E-state index in [9.17, 15) is 5.26 Å². The van der Waals surface area contributed by atoms with Crippen LogP contribution in [0.15, 0.2) is 182 Å². The van der Waals surface area contributed by atoms with Crippen LogP contribution in [0.2, 0.25) is 0 Å². The zero-order valence-electron chi connectivity index (χ0n) is 25.6. The van der Waals surface area contributed by atoms with E-state index in [1.807, 2.05) is 18.2 Å². The normalized spacial score (nSPS) is 14.0. The molecule has 0 saturated heterocycles. The first-order valence-corrected chi connectivity index (χ1v) is 17.5. The lowest BCUT2D eigenvalue weighted by Gasteiger charge is -2.46. The summed E-state index contributed by atoms with van der Waals surface area (Å²) in [4.78, 5) is 4.93. The first-order valence-electron chi connectivity index (χ1n) is 15.9. The van der Waals surface area contributed by atoms with E-state index in [1.165, 1.54) is 19.6 Å². The summed E-state index contributed by atoms with van der Waals surface area (Å²) in [6.45, 7) is 0. The maximum absolute atomic E-state index is 9.59. The minimum Gasteiger partial charge on any atom is -0.456 e. The van der Waals surface area contributed by atoms with Crippen LogP contribution in [0.4, 0.5) is 0 Å². The summed E-state index contributed by atoms with van der Waals surface area (Å²) in [5.41, 5.74) is 5.34. The number of rotatable bonds is 3. The number of benzene rings is 7. The van der Waals surface area contributed by atoms with Gasteiger partial charge in [-0.05, 0) is 91.0 Å². The lowest BCUT2D eigenvalue weighted by atomic mass is 10.1. The van der Waals surface area contributed by atoms with E-state index >= 15 is 0 Å². The monoisotopic (exact) mass is 634 g/mol. The maximum Gasteiger partial charge on any atom is 0.150 e. The Morgan fingerprint density at radius 1 is 0.542 bits per heavy atom. The van der Waals surface area contributed by atoms with Crippen molar-refractivity contribution in [1.82, 2.24) is 4.57 Å². The van der Waals surface area contributed by atoms with Crippen molar-refractivity contribution < 1.29 is 9.15 Å². The molecular formula is C43H26N2O2S. The van der Waals surface area contributed by atoms with E-state index in [2.05, 4.69) is 144 Å². The Labute approximate surface area is 278 Å². The van der Waals surface area contributed by atoms with Gasteiger partial charge in [0.2, 0.25) is 0 Å². The molecular weight excluding hydrogens is 609 g/mol. The fraction of sp³-hybridized carbons (Fsp3) is 0. The molecule has 0 aliphatic carbocycles. The largest absolute Gasteiger partial charge is 0.456 e. The van der Waals surface area contributed by atoms with Gasteiger partial charge in [0.15, 0.2) is 5.75 Å². The van der Waals surface area contributed by atoms with Crippen LogP contribution in [0, 0.1) is 11.3 Å². The fourth-order valence-corrected chi connectivity index (χ4v) is 11.6. The van der Waals surface area contributed by atoms with Gasteiger partial charge in [-0.1, -0.05) is 66.7 Å².